The van der Waals surface area contributed by atoms with Crippen molar-refractivity contribution in [3.63, 3.8) is 0 Å². The van der Waals surface area contributed by atoms with E-state index in [-0.39, 0.29) is 11.8 Å². The molecule has 0 N–H and O–H groups in total. The molecule has 0 aliphatic carbocycles. The fourth-order valence-electron chi connectivity index (χ4n) is 2.63. The molecule has 0 spiro atoms. The topological polar surface area (TPSA) is 55.8 Å². The number of hydrogen-bond acceptors (Lipinski definition) is 4. The molecule has 1 aromatic rings. The Morgan fingerprint density at radius 3 is 2.68 bits per heavy atom. The molecule has 0 unspecified atom stereocenters. The van der Waals surface area contributed by atoms with Crippen LogP contribution >= 0.6 is 0 Å². The number of carbonyl (C=O) groups excluding carboxylic acids is 2. The van der Waals surface area contributed by atoms with Crippen molar-refractivity contribution >= 4 is 11.9 Å². The maximum Gasteiger partial charge on any atom is 0.328 e. The lowest BCUT2D eigenvalue weighted by atomic mass is 10.0. The fourth-order valence-corrected chi connectivity index (χ4v) is 2.63. The fraction of sp³-hybridized carbons (Fsp3) is 0.529. The van der Waals surface area contributed by atoms with Crippen LogP contribution in [0.5, 0.6) is 0 Å². The van der Waals surface area contributed by atoms with Gasteiger partial charge < -0.3 is 14.4 Å². The van der Waals surface area contributed by atoms with Crippen molar-refractivity contribution in [1.82, 2.24) is 4.90 Å². The Hall–Kier alpha value is -1.88. The molecule has 1 heterocycles. The van der Waals surface area contributed by atoms with Gasteiger partial charge in [0.2, 0.25) is 5.91 Å². The normalized spacial score (nSPS) is 18.7. The molecule has 1 aromatic carbocycles. The highest BCUT2D eigenvalue weighted by Crippen LogP contribution is 2.20. The molecule has 1 amide bonds. The van der Waals surface area contributed by atoms with E-state index in [2.05, 4.69) is 0 Å². The highest BCUT2D eigenvalue weighted by molar-refractivity contribution is 5.84. The van der Waals surface area contributed by atoms with Gasteiger partial charge in [0.15, 0.2) is 0 Å². The van der Waals surface area contributed by atoms with Crippen LogP contribution in [-0.2, 0) is 25.6 Å². The summed E-state index contributed by atoms with van der Waals surface area (Å²) >= 11 is 0. The van der Waals surface area contributed by atoms with Crippen LogP contribution in [-0.4, -0.2) is 43.1 Å². The van der Waals surface area contributed by atoms with Crippen LogP contribution in [0.25, 0.3) is 0 Å². The summed E-state index contributed by atoms with van der Waals surface area (Å²) in [5.41, 5.74) is 0.995. The molecular weight excluding hydrogens is 282 g/mol. The zero-order chi connectivity index (χ0) is 15.9. The lowest BCUT2D eigenvalue weighted by Crippen LogP contribution is -2.43. The highest BCUT2D eigenvalue weighted by atomic mass is 16.5. The molecule has 1 aliphatic heterocycles. The second-order valence-corrected chi connectivity index (χ2v) is 5.64. The van der Waals surface area contributed by atoms with E-state index in [1.54, 1.807) is 11.8 Å². The van der Waals surface area contributed by atoms with Gasteiger partial charge in [0.1, 0.15) is 6.04 Å². The first-order valence-corrected chi connectivity index (χ1v) is 7.60. The monoisotopic (exact) mass is 305 g/mol. The number of nitrogens with zero attached hydrogens (tertiary/aromatic N) is 1. The molecule has 0 radical (unpaired) electrons. The van der Waals surface area contributed by atoms with Crippen LogP contribution in [0.2, 0.25) is 0 Å². The lowest BCUT2D eigenvalue weighted by Gasteiger charge is -2.28. The summed E-state index contributed by atoms with van der Waals surface area (Å²) < 4.78 is 10.1. The van der Waals surface area contributed by atoms with Gasteiger partial charge in [-0.2, -0.15) is 0 Å². The van der Waals surface area contributed by atoms with E-state index in [1.807, 2.05) is 30.3 Å². The smallest absolute Gasteiger partial charge is 0.328 e. The number of rotatable bonds is 6. The molecule has 0 aromatic heterocycles. The van der Waals surface area contributed by atoms with Gasteiger partial charge in [0.25, 0.3) is 0 Å². The molecule has 1 saturated heterocycles. The molecular formula is C17H23NO4. The maximum atomic E-state index is 12.6. The Morgan fingerprint density at radius 2 is 2.09 bits per heavy atom. The van der Waals surface area contributed by atoms with Gasteiger partial charge in [-0.1, -0.05) is 30.3 Å². The Bertz CT molecular complexity index is 497. The van der Waals surface area contributed by atoms with Gasteiger partial charge >= 0.3 is 5.97 Å². The molecule has 0 bridgehead atoms. The van der Waals surface area contributed by atoms with E-state index in [9.17, 15) is 9.59 Å². The Kier molecular flexibility index (Phi) is 5.95. The van der Waals surface area contributed by atoms with Crippen molar-refractivity contribution in [2.75, 3.05) is 20.3 Å². The third-order valence-corrected chi connectivity index (χ3v) is 4.01. The van der Waals surface area contributed by atoms with Crippen molar-refractivity contribution in [2.45, 2.75) is 32.4 Å². The summed E-state index contributed by atoms with van der Waals surface area (Å²) in [5.74, 6) is -0.181. The minimum atomic E-state index is -0.597. The molecule has 2 rings (SSSR count). The average Bonchev–Trinajstić information content (AvgIpc) is 3.05. The minimum Gasteiger partial charge on any atom is -0.467 e. The Balaban J connectivity index is 2.09. The first-order valence-electron chi connectivity index (χ1n) is 7.60. The summed E-state index contributed by atoms with van der Waals surface area (Å²) in [7, 11) is 1.34. The quantitative estimate of drug-likeness (QED) is 0.754. The number of benzene rings is 1. The zero-order valence-electron chi connectivity index (χ0n) is 13.2. The molecule has 2 atom stereocenters. The van der Waals surface area contributed by atoms with Crippen molar-refractivity contribution in [1.29, 1.82) is 0 Å². The zero-order valence-corrected chi connectivity index (χ0v) is 13.2. The summed E-state index contributed by atoms with van der Waals surface area (Å²) in [6.07, 6.45) is 1.31. The van der Waals surface area contributed by atoms with E-state index >= 15 is 0 Å². The van der Waals surface area contributed by atoms with E-state index in [1.165, 1.54) is 7.11 Å². The number of amides is 1. The predicted molar refractivity (Wildman–Crippen MR) is 82.0 cm³/mol. The largest absolute Gasteiger partial charge is 0.467 e. The number of hydrogen-bond donors (Lipinski definition) is 0. The van der Waals surface area contributed by atoms with E-state index in [0.717, 1.165) is 12.0 Å². The lowest BCUT2D eigenvalue weighted by molar-refractivity contribution is -0.153. The van der Waals surface area contributed by atoms with Gasteiger partial charge in [-0.3, -0.25) is 4.79 Å². The van der Waals surface area contributed by atoms with Gasteiger partial charge in [0, 0.05) is 26.2 Å². The number of esters is 1. The standard InChI is InChI=1S/C17H23NO4/c1-13(17(20)21-2)18(11-14-6-4-3-5-7-14)16(19)10-15-8-9-22-12-15/h3-7,13,15H,8-12H2,1-2H3/t13-,15-/m0/s1. The molecule has 1 fully saturated rings. The van der Waals surface area contributed by atoms with Gasteiger partial charge in [-0.05, 0) is 24.8 Å². The van der Waals surface area contributed by atoms with Crippen LogP contribution in [0.4, 0.5) is 0 Å². The second kappa shape index (κ2) is 7.94. The first kappa shape index (κ1) is 16.5. The summed E-state index contributed by atoms with van der Waals surface area (Å²) in [6, 6.07) is 9.07. The van der Waals surface area contributed by atoms with Gasteiger partial charge in [-0.15, -0.1) is 0 Å². The van der Waals surface area contributed by atoms with Crippen molar-refractivity contribution in [3.05, 3.63) is 35.9 Å². The maximum absolute atomic E-state index is 12.6. The van der Waals surface area contributed by atoms with Crippen LogP contribution in [0.1, 0.15) is 25.3 Å². The molecule has 5 nitrogen and oxygen atoms in total. The van der Waals surface area contributed by atoms with Crippen LogP contribution in [0, 0.1) is 5.92 Å². The highest BCUT2D eigenvalue weighted by Gasteiger charge is 2.29. The van der Waals surface area contributed by atoms with E-state index < -0.39 is 12.0 Å². The second-order valence-electron chi connectivity index (χ2n) is 5.64. The molecule has 0 saturated carbocycles. The third-order valence-electron chi connectivity index (χ3n) is 4.01. The predicted octanol–water partition coefficient (Wildman–Crippen LogP) is 2.00. The molecule has 5 heteroatoms. The van der Waals surface area contributed by atoms with Crippen molar-refractivity contribution < 1.29 is 19.1 Å². The van der Waals surface area contributed by atoms with Gasteiger partial charge in [-0.25, -0.2) is 4.79 Å². The minimum absolute atomic E-state index is 0.0303. The Morgan fingerprint density at radius 1 is 1.36 bits per heavy atom. The number of methoxy groups -OCH3 is 1. The Labute approximate surface area is 131 Å². The first-order chi connectivity index (χ1) is 10.6. The van der Waals surface area contributed by atoms with E-state index in [0.29, 0.717) is 26.2 Å². The van der Waals surface area contributed by atoms with E-state index in [4.69, 9.17) is 9.47 Å². The van der Waals surface area contributed by atoms with Crippen molar-refractivity contribution in [3.8, 4) is 0 Å². The van der Waals surface area contributed by atoms with Crippen molar-refractivity contribution in [2.24, 2.45) is 5.92 Å². The van der Waals surface area contributed by atoms with Crippen LogP contribution in [0.3, 0.4) is 0 Å². The average molecular weight is 305 g/mol. The number of carbonyl (C=O) groups is 2. The summed E-state index contributed by atoms with van der Waals surface area (Å²) in [5, 5.41) is 0. The molecule has 120 valence electrons. The van der Waals surface area contributed by atoms with Crippen LogP contribution < -0.4 is 0 Å². The molecule has 1 aliphatic rings. The number of ether oxygens (including phenoxy) is 2. The summed E-state index contributed by atoms with van der Waals surface area (Å²) in [4.78, 5) is 26.1. The third kappa shape index (κ3) is 4.31. The van der Waals surface area contributed by atoms with Gasteiger partial charge in [0.05, 0.1) is 7.11 Å². The summed E-state index contributed by atoms with van der Waals surface area (Å²) in [6.45, 7) is 3.45. The molecule has 22 heavy (non-hydrogen) atoms. The van der Waals surface area contributed by atoms with Crippen LogP contribution in [0.15, 0.2) is 30.3 Å². The SMILES string of the molecule is COC(=O)[C@H](C)N(Cc1ccccc1)C(=O)C[C@@H]1CCOC1.